The van der Waals surface area contributed by atoms with E-state index >= 15 is 0 Å². The summed E-state index contributed by atoms with van der Waals surface area (Å²) in [4.78, 5) is 8.57. The summed E-state index contributed by atoms with van der Waals surface area (Å²) in [7, 11) is -2.95. The summed E-state index contributed by atoms with van der Waals surface area (Å²) in [5.41, 5.74) is 1.41. The van der Waals surface area contributed by atoms with Gasteiger partial charge in [0.1, 0.15) is 6.07 Å². The third-order valence-electron chi connectivity index (χ3n) is 2.49. The Morgan fingerprint density at radius 2 is 2.00 bits per heavy atom. The van der Waals surface area contributed by atoms with Crippen LogP contribution < -0.4 is 5.48 Å². The molecular formula is C11H7F3N4O3P+. The van der Waals surface area contributed by atoms with Crippen LogP contribution in [0.3, 0.4) is 0 Å². The smallest absolute Gasteiger partial charge is 0.214 e. The second kappa shape index (κ2) is 6.11. The first kappa shape index (κ1) is 15.9. The van der Waals surface area contributed by atoms with Gasteiger partial charge in [-0.2, -0.15) is 29.0 Å². The molecule has 0 aliphatic rings. The van der Waals surface area contributed by atoms with E-state index in [2.05, 4.69) is 15.2 Å². The average Bonchev–Trinajstić information content (AvgIpc) is 2.87. The maximum absolute atomic E-state index is 12.5. The van der Waals surface area contributed by atoms with Crippen LogP contribution in [0.4, 0.5) is 19.0 Å². The number of hydrogen-bond acceptors (Lipinski definition) is 5. The summed E-state index contributed by atoms with van der Waals surface area (Å²) in [6.45, 7) is 0. The molecule has 1 aromatic carbocycles. The number of benzene rings is 1. The van der Waals surface area contributed by atoms with Gasteiger partial charge in [-0.05, 0) is 24.3 Å². The minimum Gasteiger partial charge on any atom is -0.214 e. The Labute approximate surface area is 122 Å². The van der Waals surface area contributed by atoms with E-state index in [4.69, 9.17) is 10.2 Å². The molecule has 1 heterocycles. The minimum atomic E-state index is -4.47. The predicted molar refractivity (Wildman–Crippen MR) is 67.8 cm³/mol. The van der Waals surface area contributed by atoms with Gasteiger partial charge in [-0.25, -0.2) is 4.68 Å². The van der Waals surface area contributed by atoms with Gasteiger partial charge in [0.25, 0.3) is 0 Å². The van der Waals surface area contributed by atoms with Crippen LogP contribution in [0.1, 0.15) is 11.3 Å². The molecule has 0 saturated carbocycles. The summed E-state index contributed by atoms with van der Waals surface area (Å²) < 4.78 is 53.4. The van der Waals surface area contributed by atoms with Crippen molar-refractivity contribution in [2.24, 2.45) is 0 Å². The molecule has 22 heavy (non-hydrogen) atoms. The normalized spacial score (nSPS) is 11.9. The molecule has 0 bridgehead atoms. The highest BCUT2D eigenvalue weighted by Gasteiger charge is 2.30. The molecule has 0 radical (unpaired) electrons. The van der Waals surface area contributed by atoms with Crippen LogP contribution in [0.5, 0.6) is 0 Å². The highest BCUT2D eigenvalue weighted by Crippen LogP contribution is 2.30. The fourth-order valence-electron chi connectivity index (χ4n) is 1.58. The summed E-state index contributed by atoms with van der Waals surface area (Å²) >= 11 is 0. The Hall–Kier alpha value is -2.47. The predicted octanol–water partition coefficient (Wildman–Crippen LogP) is 2.76. The standard InChI is InChI=1S/C11H6F3N4O3P/c12-11(13,14)7-1-3-9(4-2-7)18-10(17-21-22(19)20)5-8(6-15)16-18/h1-5,17H/p+1. The SMILES string of the molecule is N#Cc1cc(NO[P+](=O)O)n(-c2ccc(C(F)(F)F)cc2)n1. The molecule has 2 aromatic rings. The van der Waals surface area contributed by atoms with Crippen LogP contribution in [0.25, 0.3) is 5.69 Å². The summed E-state index contributed by atoms with van der Waals surface area (Å²) in [6, 6.07) is 6.92. The largest absolute Gasteiger partial charge is 0.719 e. The van der Waals surface area contributed by atoms with E-state index in [9.17, 15) is 17.7 Å². The van der Waals surface area contributed by atoms with Gasteiger partial charge in [0.15, 0.2) is 11.5 Å². The topological polar surface area (TPSA) is 100 Å². The van der Waals surface area contributed by atoms with Crippen molar-refractivity contribution >= 4 is 14.1 Å². The molecule has 0 aliphatic heterocycles. The van der Waals surface area contributed by atoms with Crippen LogP contribution in [0.2, 0.25) is 0 Å². The Morgan fingerprint density at radius 1 is 1.36 bits per heavy atom. The fourth-order valence-corrected chi connectivity index (χ4v) is 1.75. The van der Waals surface area contributed by atoms with Crippen molar-refractivity contribution in [2.75, 3.05) is 5.48 Å². The van der Waals surface area contributed by atoms with E-state index in [-0.39, 0.29) is 17.2 Å². The lowest BCUT2D eigenvalue weighted by Gasteiger charge is -2.09. The van der Waals surface area contributed by atoms with E-state index < -0.39 is 20.0 Å². The minimum absolute atomic E-state index is 0.00806. The van der Waals surface area contributed by atoms with E-state index in [1.807, 2.05) is 0 Å². The number of nitrogens with one attached hydrogen (secondary N) is 1. The van der Waals surface area contributed by atoms with Crippen LogP contribution in [0, 0.1) is 11.3 Å². The Kier molecular flexibility index (Phi) is 4.42. The number of nitrogens with zero attached hydrogens (tertiary/aromatic N) is 3. The van der Waals surface area contributed by atoms with Crippen LogP contribution in [-0.4, -0.2) is 14.7 Å². The second-order valence-electron chi connectivity index (χ2n) is 3.91. The van der Waals surface area contributed by atoms with Crippen molar-refractivity contribution in [2.45, 2.75) is 6.18 Å². The van der Waals surface area contributed by atoms with Gasteiger partial charge in [0.2, 0.25) is 0 Å². The Bertz CT molecular complexity index is 737. The Morgan fingerprint density at radius 3 is 2.50 bits per heavy atom. The van der Waals surface area contributed by atoms with Gasteiger partial charge >= 0.3 is 14.4 Å². The van der Waals surface area contributed by atoms with Crippen LogP contribution >= 0.6 is 8.25 Å². The quantitative estimate of drug-likeness (QED) is 0.660. The van der Waals surface area contributed by atoms with Crippen molar-refractivity contribution in [3.63, 3.8) is 0 Å². The van der Waals surface area contributed by atoms with Gasteiger partial charge in [0, 0.05) is 15.3 Å². The zero-order chi connectivity index (χ0) is 16.3. The number of halogens is 3. The molecule has 2 N–H and O–H groups in total. The summed E-state index contributed by atoms with van der Waals surface area (Å²) in [6.07, 6.45) is -4.47. The van der Waals surface area contributed by atoms with Crippen molar-refractivity contribution in [1.82, 2.24) is 9.78 Å². The number of alkyl halides is 3. The van der Waals surface area contributed by atoms with E-state index in [0.717, 1.165) is 28.9 Å². The van der Waals surface area contributed by atoms with Gasteiger partial charge in [0.05, 0.1) is 11.3 Å². The zero-order valence-corrected chi connectivity index (χ0v) is 11.5. The highest BCUT2D eigenvalue weighted by atomic mass is 31.1. The lowest BCUT2D eigenvalue weighted by Crippen LogP contribution is -2.07. The van der Waals surface area contributed by atoms with Gasteiger partial charge in [-0.3, -0.25) is 0 Å². The summed E-state index contributed by atoms with van der Waals surface area (Å²) in [5.74, 6) is 0.00806. The number of rotatable bonds is 4. The molecule has 1 atom stereocenters. The van der Waals surface area contributed by atoms with Crippen LogP contribution in [0.15, 0.2) is 30.3 Å². The van der Waals surface area contributed by atoms with Crippen LogP contribution in [-0.2, 0) is 15.4 Å². The molecule has 0 fully saturated rings. The third kappa shape index (κ3) is 3.59. The van der Waals surface area contributed by atoms with Gasteiger partial charge in [-0.1, -0.05) is 0 Å². The second-order valence-corrected chi connectivity index (χ2v) is 4.57. The molecule has 0 spiro atoms. The Balaban J connectivity index is 2.37. The number of nitriles is 1. The molecule has 11 heteroatoms. The molecular weight excluding hydrogens is 324 g/mol. The maximum Gasteiger partial charge on any atom is 0.719 e. The van der Waals surface area contributed by atoms with Crippen molar-refractivity contribution in [3.8, 4) is 11.8 Å². The molecule has 0 amide bonds. The van der Waals surface area contributed by atoms with Crippen molar-refractivity contribution < 1.29 is 27.3 Å². The average molecular weight is 331 g/mol. The molecule has 114 valence electrons. The monoisotopic (exact) mass is 331 g/mol. The molecule has 1 unspecified atom stereocenters. The first-order valence-electron chi connectivity index (χ1n) is 5.58. The first-order valence-corrected chi connectivity index (χ1v) is 6.71. The van der Waals surface area contributed by atoms with Gasteiger partial charge in [-0.15, -0.1) is 4.89 Å². The molecule has 0 saturated heterocycles. The number of hydrogen-bond donors (Lipinski definition) is 2. The molecule has 1 aromatic heterocycles. The molecule has 0 aliphatic carbocycles. The number of anilines is 1. The fraction of sp³-hybridized carbons (Fsp3) is 0.0909. The lowest BCUT2D eigenvalue weighted by molar-refractivity contribution is -0.137. The number of aromatic nitrogens is 2. The molecule has 2 rings (SSSR count). The van der Waals surface area contributed by atoms with Crippen molar-refractivity contribution in [1.29, 1.82) is 5.26 Å². The van der Waals surface area contributed by atoms with E-state index in [1.54, 1.807) is 6.07 Å². The maximum atomic E-state index is 12.5. The van der Waals surface area contributed by atoms with E-state index in [0.29, 0.717) is 0 Å². The van der Waals surface area contributed by atoms with E-state index in [1.165, 1.54) is 6.07 Å². The molecule has 7 nitrogen and oxygen atoms in total. The third-order valence-corrected chi connectivity index (χ3v) is 2.74. The first-order chi connectivity index (χ1) is 10.3. The highest BCUT2D eigenvalue weighted by molar-refractivity contribution is 7.32. The summed E-state index contributed by atoms with van der Waals surface area (Å²) in [5, 5.41) is 12.6. The zero-order valence-electron chi connectivity index (χ0n) is 10.6. The van der Waals surface area contributed by atoms with Crippen molar-refractivity contribution in [3.05, 3.63) is 41.6 Å². The lowest BCUT2D eigenvalue weighted by atomic mass is 10.2. The van der Waals surface area contributed by atoms with Gasteiger partial charge < -0.3 is 0 Å².